The minimum Gasteiger partial charge on any atom is -0.393 e. The minimum atomic E-state index is -0.425. The Kier molecular flexibility index (Phi) is 4.01. The number of piperazine rings is 1. The maximum absolute atomic E-state index is 10.9. The van der Waals surface area contributed by atoms with Gasteiger partial charge in [-0.2, -0.15) is 0 Å². The topological polar surface area (TPSA) is 75.6 Å². The van der Waals surface area contributed by atoms with Gasteiger partial charge in [0.05, 0.1) is 4.92 Å². The van der Waals surface area contributed by atoms with E-state index < -0.39 is 4.92 Å². The molecule has 6 heteroatoms. The Hall–Kier alpha value is -1.66. The molecule has 1 saturated heterocycles. The monoisotopic (exact) mass is 264 g/mol. The number of hydrogen-bond donors (Lipinski definition) is 1. The second-order valence-electron chi connectivity index (χ2n) is 5.17. The van der Waals surface area contributed by atoms with Crippen LogP contribution < -0.4 is 5.73 Å². The molecule has 1 aromatic rings. The van der Waals surface area contributed by atoms with Gasteiger partial charge in [0.2, 0.25) is 0 Å². The molecule has 0 bridgehead atoms. The lowest BCUT2D eigenvalue weighted by Crippen LogP contribution is -2.49. The number of benzene rings is 1. The van der Waals surface area contributed by atoms with Crippen molar-refractivity contribution in [1.29, 1.82) is 0 Å². The smallest absolute Gasteiger partial charge is 0.292 e. The van der Waals surface area contributed by atoms with E-state index in [0.717, 1.165) is 25.2 Å². The first kappa shape index (κ1) is 13.8. The fraction of sp³-hybridized carbons (Fsp3) is 0.538. The molecule has 6 nitrogen and oxygen atoms in total. The third-order valence-corrected chi connectivity index (χ3v) is 3.81. The summed E-state index contributed by atoms with van der Waals surface area (Å²) in [6, 6.07) is 5.51. The third-order valence-electron chi connectivity index (χ3n) is 3.81. The summed E-state index contributed by atoms with van der Waals surface area (Å²) in [7, 11) is 2.11. The van der Waals surface area contributed by atoms with Crippen molar-refractivity contribution in [3.63, 3.8) is 0 Å². The van der Waals surface area contributed by atoms with Crippen molar-refractivity contribution in [2.75, 3.05) is 32.4 Å². The van der Waals surface area contributed by atoms with E-state index in [4.69, 9.17) is 5.73 Å². The molecule has 1 atom stereocenters. The van der Waals surface area contributed by atoms with E-state index in [2.05, 4.69) is 23.8 Å². The van der Waals surface area contributed by atoms with Gasteiger partial charge in [0.1, 0.15) is 5.69 Å². The lowest BCUT2D eigenvalue weighted by molar-refractivity contribution is -0.384. The predicted octanol–water partition coefficient (Wildman–Crippen LogP) is 1.31. The second kappa shape index (κ2) is 5.54. The summed E-state index contributed by atoms with van der Waals surface area (Å²) in [5, 5.41) is 10.9. The fourth-order valence-electron chi connectivity index (χ4n) is 2.40. The summed E-state index contributed by atoms with van der Waals surface area (Å²) in [5.74, 6) is 0. The van der Waals surface area contributed by atoms with E-state index in [1.807, 2.05) is 6.07 Å². The molecule has 2 rings (SSSR count). The first-order valence-corrected chi connectivity index (χ1v) is 6.43. The molecule has 1 aliphatic heterocycles. The van der Waals surface area contributed by atoms with Crippen LogP contribution in [0.15, 0.2) is 18.2 Å². The molecule has 0 aromatic heterocycles. The average Bonchev–Trinajstić information content (AvgIpc) is 2.36. The van der Waals surface area contributed by atoms with E-state index in [1.165, 1.54) is 6.07 Å². The van der Waals surface area contributed by atoms with Crippen LogP contribution in [0.3, 0.4) is 0 Å². The molecule has 0 spiro atoms. The summed E-state index contributed by atoms with van der Waals surface area (Å²) in [4.78, 5) is 15.0. The van der Waals surface area contributed by atoms with Crippen LogP contribution in [0.1, 0.15) is 12.5 Å². The van der Waals surface area contributed by atoms with Crippen molar-refractivity contribution in [1.82, 2.24) is 9.80 Å². The maximum atomic E-state index is 10.9. The van der Waals surface area contributed by atoms with Gasteiger partial charge in [0.25, 0.3) is 5.69 Å². The number of likely N-dealkylation sites (N-methyl/N-ethyl adjacent to an activating group) is 1. The van der Waals surface area contributed by atoms with Gasteiger partial charge in [-0.3, -0.25) is 15.0 Å². The van der Waals surface area contributed by atoms with Gasteiger partial charge >= 0.3 is 0 Å². The van der Waals surface area contributed by atoms with Gasteiger partial charge in [-0.25, -0.2) is 0 Å². The van der Waals surface area contributed by atoms with Gasteiger partial charge in [-0.1, -0.05) is 12.1 Å². The van der Waals surface area contributed by atoms with Crippen LogP contribution in [0.2, 0.25) is 0 Å². The summed E-state index contributed by atoms with van der Waals surface area (Å²) in [6.45, 7) is 5.78. The number of nitrogens with two attached hydrogens (primary N) is 1. The van der Waals surface area contributed by atoms with Gasteiger partial charge in [0.15, 0.2) is 0 Å². The van der Waals surface area contributed by atoms with Crippen molar-refractivity contribution in [3.05, 3.63) is 33.9 Å². The first-order chi connectivity index (χ1) is 8.99. The van der Waals surface area contributed by atoms with Crippen molar-refractivity contribution < 1.29 is 4.92 Å². The number of nitro benzene ring substituents is 1. The molecular weight excluding hydrogens is 244 g/mol. The van der Waals surface area contributed by atoms with Gasteiger partial charge in [-0.15, -0.1) is 0 Å². The van der Waals surface area contributed by atoms with Crippen LogP contribution in [0.25, 0.3) is 0 Å². The van der Waals surface area contributed by atoms with Crippen molar-refractivity contribution >= 4 is 11.4 Å². The Labute approximate surface area is 112 Å². The van der Waals surface area contributed by atoms with Crippen LogP contribution in [0.4, 0.5) is 11.4 Å². The zero-order valence-electron chi connectivity index (χ0n) is 11.4. The molecule has 19 heavy (non-hydrogen) atoms. The van der Waals surface area contributed by atoms with Gasteiger partial charge < -0.3 is 10.6 Å². The van der Waals surface area contributed by atoms with Crippen LogP contribution in [-0.2, 0) is 6.54 Å². The standard InChI is InChI=1S/C13H20N4O2/c1-10-8-16(7-6-15(10)2)9-11-4-3-5-12(13(11)14)17(18)19/h3-5,10H,6-9,14H2,1-2H3. The normalized spacial score (nSPS) is 21.5. The Morgan fingerprint density at radius 3 is 2.84 bits per heavy atom. The molecule has 1 unspecified atom stereocenters. The molecule has 0 amide bonds. The molecule has 0 saturated carbocycles. The largest absolute Gasteiger partial charge is 0.393 e. The number of nitro groups is 1. The lowest BCUT2D eigenvalue weighted by Gasteiger charge is -2.37. The third kappa shape index (κ3) is 3.02. The summed E-state index contributed by atoms with van der Waals surface area (Å²) in [5.41, 5.74) is 7.01. The summed E-state index contributed by atoms with van der Waals surface area (Å²) >= 11 is 0. The van der Waals surface area contributed by atoms with Crippen LogP contribution >= 0.6 is 0 Å². The molecule has 2 N–H and O–H groups in total. The van der Waals surface area contributed by atoms with Crippen molar-refractivity contribution in [3.8, 4) is 0 Å². The fourth-order valence-corrected chi connectivity index (χ4v) is 2.40. The summed E-state index contributed by atoms with van der Waals surface area (Å²) in [6.07, 6.45) is 0. The Morgan fingerprint density at radius 1 is 1.47 bits per heavy atom. The number of hydrogen-bond acceptors (Lipinski definition) is 5. The van der Waals surface area contributed by atoms with Crippen LogP contribution in [-0.4, -0.2) is 47.4 Å². The van der Waals surface area contributed by atoms with E-state index in [0.29, 0.717) is 18.3 Å². The average molecular weight is 264 g/mol. The van der Waals surface area contributed by atoms with Gasteiger partial charge in [0, 0.05) is 38.3 Å². The zero-order valence-corrected chi connectivity index (χ0v) is 11.4. The van der Waals surface area contributed by atoms with Crippen molar-refractivity contribution in [2.24, 2.45) is 0 Å². The SMILES string of the molecule is CC1CN(Cc2cccc([N+](=O)[O-])c2N)CCN1C. The van der Waals surface area contributed by atoms with E-state index in [1.54, 1.807) is 6.07 Å². The highest BCUT2D eigenvalue weighted by atomic mass is 16.6. The van der Waals surface area contributed by atoms with Crippen LogP contribution in [0.5, 0.6) is 0 Å². The Bertz CT molecular complexity index is 478. The molecule has 0 radical (unpaired) electrons. The number of anilines is 1. The minimum absolute atomic E-state index is 0.000300. The number of rotatable bonds is 3. The number of nitrogens with zero attached hydrogens (tertiary/aromatic N) is 3. The maximum Gasteiger partial charge on any atom is 0.292 e. The molecule has 1 fully saturated rings. The highest BCUT2D eigenvalue weighted by Crippen LogP contribution is 2.26. The van der Waals surface area contributed by atoms with Crippen molar-refractivity contribution in [2.45, 2.75) is 19.5 Å². The molecule has 104 valence electrons. The summed E-state index contributed by atoms with van der Waals surface area (Å²) < 4.78 is 0. The van der Waals surface area contributed by atoms with E-state index >= 15 is 0 Å². The molecular formula is C13H20N4O2. The number of nitrogen functional groups attached to an aromatic ring is 1. The van der Waals surface area contributed by atoms with E-state index in [9.17, 15) is 10.1 Å². The van der Waals surface area contributed by atoms with Crippen LogP contribution in [0, 0.1) is 10.1 Å². The highest BCUT2D eigenvalue weighted by Gasteiger charge is 2.22. The molecule has 1 heterocycles. The zero-order chi connectivity index (χ0) is 14.0. The molecule has 1 aromatic carbocycles. The second-order valence-corrected chi connectivity index (χ2v) is 5.17. The predicted molar refractivity (Wildman–Crippen MR) is 74.9 cm³/mol. The lowest BCUT2D eigenvalue weighted by atomic mass is 10.1. The first-order valence-electron chi connectivity index (χ1n) is 6.43. The molecule has 0 aliphatic carbocycles. The number of para-hydroxylation sites is 1. The Morgan fingerprint density at radius 2 is 2.21 bits per heavy atom. The molecule has 1 aliphatic rings. The highest BCUT2D eigenvalue weighted by molar-refractivity contribution is 5.62. The quantitative estimate of drug-likeness (QED) is 0.506. The van der Waals surface area contributed by atoms with Gasteiger partial charge in [-0.05, 0) is 19.5 Å². The Balaban J connectivity index is 2.11. The van der Waals surface area contributed by atoms with E-state index in [-0.39, 0.29) is 5.69 Å².